The predicted molar refractivity (Wildman–Crippen MR) is 94.3 cm³/mol. The molecule has 3 rings (SSSR count). The van der Waals surface area contributed by atoms with Gasteiger partial charge in [-0.15, -0.1) is 0 Å². The lowest BCUT2D eigenvalue weighted by molar-refractivity contribution is 0.251. The summed E-state index contributed by atoms with van der Waals surface area (Å²) in [6.07, 6.45) is 3.65. The molecular weight excluding hydrogens is 266 g/mol. The van der Waals surface area contributed by atoms with Gasteiger partial charge in [0.2, 0.25) is 0 Å². The van der Waals surface area contributed by atoms with Crippen LogP contribution in [-0.4, -0.2) is 18.0 Å². The lowest BCUT2D eigenvalue weighted by Crippen LogP contribution is -2.31. The molecule has 0 aliphatic carbocycles. The Morgan fingerprint density at radius 3 is 2.59 bits per heavy atom. The third-order valence-corrected chi connectivity index (χ3v) is 4.77. The fourth-order valence-corrected chi connectivity index (χ4v) is 3.34. The molecule has 1 nitrogen and oxygen atoms in total. The van der Waals surface area contributed by atoms with Crippen LogP contribution in [0.4, 0.5) is 0 Å². The van der Waals surface area contributed by atoms with Crippen LogP contribution in [0.1, 0.15) is 48.4 Å². The maximum absolute atomic E-state index is 2.62. The van der Waals surface area contributed by atoms with E-state index in [2.05, 4.69) is 67.3 Å². The number of benzene rings is 2. The van der Waals surface area contributed by atoms with Crippen LogP contribution in [0, 0.1) is 0 Å². The van der Waals surface area contributed by atoms with Crippen LogP contribution < -0.4 is 0 Å². The lowest BCUT2D eigenvalue weighted by atomic mass is 9.93. The summed E-state index contributed by atoms with van der Waals surface area (Å²) >= 11 is 0. The first-order chi connectivity index (χ1) is 10.7. The molecule has 0 radical (unpaired) electrons. The number of aryl methyl sites for hydroxylation is 1. The molecule has 0 unspecified atom stereocenters. The van der Waals surface area contributed by atoms with Crippen molar-refractivity contribution in [2.24, 2.45) is 0 Å². The number of rotatable bonds is 5. The average Bonchev–Trinajstić information content (AvgIpc) is 2.55. The van der Waals surface area contributed by atoms with Crippen LogP contribution in [0.15, 0.2) is 48.5 Å². The Morgan fingerprint density at radius 1 is 1.00 bits per heavy atom. The summed E-state index contributed by atoms with van der Waals surface area (Å²) in [6, 6.07) is 17.9. The third-order valence-electron chi connectivity index (χ3n) is 4.77. The highest BCUT2D eigenvalue weighted by atomic mass is 15.1. The summed E-state index contributed by atoms with van der Waals surface area (Å²) in [7, 11) is 0. The van der Waals surface area contributed by atoms with Crippen LogP contribution >= 0.6 is 0 Å². The van der Waals surface area contributed by atoms with Crippen molar-refractivity contribution in [1.29, 1.82) is 0 Å². The van der Waals surface area contributed by atoms with Crippen LogP contribution in [0.5, 0.6) is 0 Å². The molecule has 116 valence electrons. The smallest absolute Gasteiger partial charge is 0.0236 e. The maximum atomic E-state index is 2.62. The Morgan fingerprint density at radius 2 is 1.82 bits per heavy atom. The van der Waals surface area contributed by atoms with Gasteiger partial charge in [-0.1, -0.05) is 62.4 Å². The largest absolute Gasteiger partial charge is 0.299 e. The normalized spacial score (nSPS) is 15.0. The molecule has 0 spiro atoms. The highest BCUT2D eigenvalue weighted by Gasteiger charge is 2.16. The fourth-order valence-electron chi connectivity index (χ4n) is 3.34. The summed E-state index contributed by atoms with van der Waals surface area (Å²) in [4.78, 5) is 2.62. The second-order valence-corrected chi connectivity index (χ2v) is 6.80. The van der Waals surface area contributed by atoms with Crippen molar-refractivity contribution in [3.8, 4) is 0 Å². The third kappa shape index (κ3) is 3.78. The van der Waals surface area contributed by atoms with E-state index in [1.807, 2.05) is 0 Å². The molecule has 1 aliphatic heterocycles. The molecule has 1 heteroatoms. The molecule has 1 aliphatic rings. The minimum absolute atomic E-state index is 0.624. The number of hydrogen-bond acceptors (Lipinski definition) is 1. The van der Waals surface area contributed by atoms with Gasteiger partial charge >= 0.3 is 0 Å². The van der Waals surface area contributed by atoms with E-state index in [1.165, 1.54) is 43.5 Å². The van der Waals surface area contributed by atoms with Crippen LogP contribution in [0.3, 0.4) is 0 Å². The predicted octanol–water partition coefficient (Wildman–Crippen LogP) is 4.80. The Bertz CT molecular complexity index is 601. The fraction of sp³-hybridized carbons (Fsp3) is 0.429. The SMILES string of the molecule is CC(C)c1ccc2c(c1)CN(CCCc1ccccc1)CC2. The molecule has 0 amide bonds. The number of fused-ring (bicyclic) bond motifs is 1. The highest BCUT2D eigenvalue weighted by molar-refractivity contribution is 5.35. The van der Waals surface area contributed by atoms with Gasteiger partial charge in [-0.2, -0.15) is 0 Å². The van der Waals surface area contributed by atoms with Crippen molar-refractivity contribution >= 4 is 0 Å². The first kappa shape index (κ1) is 15.3. The van der Waals surface area contributed by atoms with Gasteiger partial charge in [0, 0.05) is 13.1 Å². The molecule has 2 aromatic carbocycles. The summed E-state index contributed by atoms with van der Waals surface area (Å²) in [6.45, 7) is 8.11. The topological polar surface area (TPSA) is 3.24 Å². The van der Waals surface area contributed by atoms with Gasteiger partial charge < -0.3 is 0 Å². The van der Waals surface area contributed by atoms with Gasteiger partial charge in [-0.3, -0.25) is 4.90 Å². The molecule has 0 atom stereocenters. The minimum atomic E-state index is 0.624. The lowest BCUT2D eigenvalue weighted by Gasteiger charge is -2.29. The Labute approximate surface area is 135 Å². The van der Waals surface area contributed by atoms with Gasteiger partial charge in [-0.25, -0.2) is 0 Å². The van der Waals surface area contributed by atoms with Crippen molar-refractivity contribution in [3.63, 3.8) is 0 Å². The summed E-state index contributed by atoms with van der Waals surface area (Å²) in [5.74, 6) is 0.624. The quantitative estimate of drug-likeness (QED) is 0.765. The van der Waals surface area contributed by atoms with E-state index in [1.54, 1.807) is 11.1 Å². The van der Waals surface area contributed by atoms with E-state index in [9.17, 15) is 0 Å². The Balaban J connectivity index is 1.56. The maximum Gasteiger partial charge on any atom is 0.0236 e. The molecule has 22 heavy (non-hydrogen) atoms. The zero-order chi connectivity index (χ0) is 15.4. The molecule has 0 fully saturated rings. The van der Waals surface area contributed by atoms with E-state index in [0.717, 1.165) is 6.54 Å². The molecule has 0 saturated carbocycles. The molecule has 0 bridgehead atoms. The van der Waals surface area contributed by atoms with Crippen molar-refractivity contribution in [1.82, 2.24) is 4.90 Å². The number of hydrogen-bond donors (Lipinski definition) is 0. The Kier molecular flexibility index (Phi) is 4.94. The van der Waals surface area contributed by atoms with Gasteiger partial charge in [0.05, 0.1) is 0 Å². The standard InChI is InChI=1S/C21H27N/c1-17(2)20-11-10-19-12-14-22(16-21(19)15-20)13-6-9-18-7-4-3-5-8-18/h3-5,7-8,10-11,15,17H,6,9,12-14,16H2,1-2H3. The first-order valence-corrected chi connectivity index (χ1v) is 8.60. The average molecular weight is 293 g/mol. The van der Waals surface area contributed by atoms with Gasteiger partial charge in [-0.05, 0) is 54.0 Å². The zero-order valence-electron chi connectivity index (χ0n) is 13.9. The Hall–Kier alpha value is -1.60. The van der Waals surface area contributed by atoms with Gasteiger partial charge in [0.15, 0.2) is 0 Å². The molecule has 0 aromatic heterocycles. The summed E-state index contributed by atoms with van der Waals surface area (Å²) < 4.78 is 0. The second-order valence-electron chi connectivity index (χ2n) is 6.80. The van der Waals surface area contributed by atoms with Gasteiger partial charge in [0.1, 0.15) is 0 Å². The van der Waals surface area contributed by atoms with Crippen molar-refractivity contribution in [3.05, 3.63) is 70.8 Å². The zero-order valence-corrected chi connectivity index (χ0v) is 13.9. The van der Waals surface area contributed by atoms with E-state index >= 15 is 0 Å². The molecule has 0 N–H and O–H groups in total. The van der Waals surface area contributed by atoms with Crippen molar-refractivity contribution < 1.29 is 0 Å². The number of nitrogens with zero attached hydrogens (tertiary/aromatic N) is 1. The van der Waals surface area contributed by atoms with E-state index in [0.29, 0.717) is 5.92 Å². The van der Waals surface area contributed by atoms with E-state index < -0.39 is 0 Å². The molecule has 1 heterocycles. The second kappa shape index (κ2) is 7.11. The van der Waals surface area contributed by atoms with E-state index in [4.69, 9.17) is 0 Å². The molecule has 2 aromatic rings. The van der Waals surface area contributed by atoms with Crippen LogP contribution in [0.2, 0.25) is 0 Å². The van der Waals surface area contributed by atoms with Gasteiger partial charge in [0.25, 0.3) is 0 Å². The summed E-state index contributed by atoms with van der Waals surface area (Å²) in [5, 5.41) is 0. The minimum Gasteiger partial charge on any atom is -0.299 e. The monoisotopic (exact) mass is 293 g/mol. The molecule has 0 saturated heterocycles. The van der Waals surface area contributed by atoms with Crippen molar-refractivity contribution in [2.45, 2.75) is 45.6 Å². The van der Waals surface area contributed by atoms with Crippen LogP contribution in [0.25, 0.3) is 0 Å². The van der Waals surface area contributed by atoms with E-state index in [-0.39, 0.29) is 0 Å². The van der Waals surface area contributed by atoms with Crippen LogP contribution in [-0.2, 0) is 19.4 Å². The summed E-state index contributed by atoms with van der Waals surface area (Å²) in [5.41, 5.74) is 6.05. The molecular formula is C21H27N. The highest BCUT2D eigenvalue weighted by Crippen LogP contribution is 2.24. The van der Waals surface area contributed by atoms with Crippen molar-refractivity contribution in [2.75, 3.05) is 13.1 Å². The first-order valence-electron chi connectivity index (χ1n) is 8.60.